The molecule has 1 aromatic rings. The molecule has 0 radical (unpaired) electrons. The van der Waals surface area contributed by atoms with Gasteiger partial charge in [-0.3, -0.25) is 0 Å². The molecule has 5 heteroatoms. The maximum atomic E-state index is 10.9. The lowest BCUT2D eigenvalue weighted by Crippen LogP contribution is -2.16. The minimum Gasteiger partial charge on any atom is -0.493 e. The molecule has 0 amide bonds. The molecule has 5 nitrogen and oxygen atoms in total. The summed E-state index contributed by atoms with van der Waals surface area (Å²) >= 11 is 0. The number of carbonyl (C=O) groups is 2. The molecule has 1 N–H and O–H groups in total. The zero-order valence-corrected chi connectivity index (χ0v) is 10.7. The second kappa shape index (κ2) is 7.20. The van der Waals surface area contributed by atoms with E-state index in [-0.39, 0.29) is 18.1 Å². The highest BCUT2D eigenvalue weighted by molar-refractivity contribution is 5.87. The molecule has 102 valence electrons. The van der Waals surface area contributed by atoms with Crippen molar-refractivity contribution in [3.05, 3.63) is 42.5 Å². The van der Waals surface area contributed by atoms with Crippen LogP contribution in [-0.2, 0) is 9.53 Å². The lowest BCUT2D eigenvalue weighted by molar-refractivity contribution is -0.139. The van der Waals surface area contributed by atoms with Crippen molar-refractivity contribution >= 4 is 11.9 Å². The van der Waals surface area contributed by atoms with Crippen molar-refractivity contribution in [3.8, 4) is 5.75 Å². The fourth-order valence-electron chi connectivity index (χ4n) is 1.26. The van der Waals surface area contributed by atoms with Gasteiger partial charge < -0.3 is 14.6 Å². The summed E-state index contributed by atoms with van der Waals surface area (Å²) in [4.78, 5) is 21.5. The van der Waals surface area contributed by atoms with E-state index in [1.807, 2.05) is 6.92 Å². The van der Waals surface area contributed by atoms with Crippen LogP contribution in [-0.4, -0.2) is 30.3 Å². The maximum absolute atomic E-state index is 10.9. The van der Waals surface area contributed by atoms with Crippen molar-refractivity contribution in [1.29, 1.82) is 0 Å². The molecule has 1 aromatic carbocycles. The molecule has 0 bridgehead atoms. The zero-order valence-electron chi connectivity index (χ0n) is 10.7. The van der Waals surface area contributed by atoms with Crippen LogP contribution in [0, 0.1) is 5.92 Å². The Kier molecular flexibility index (Phi) is 5.60. The average molecular weight is 264 g/mol. The van der Waals surface area contributed by atoms with E-state index >= 15 is 0 Å². The first kappa shape index (κ1) is 14.8. The number of rotatable bonds is 7. The summed E-state index contributed by atoms with van der Waals surface area (Å²) in [5.74, 6) is -0.830. The minimum atomic E-state index is -0.976. The van der Waals surface area contributed by atoms with E-state index in [0.717, 1.165) is 6.08 Å². The largest absolute Gasteiger partial charge is 0.493 e. The first-order chi connectivity index (χ1) is 9.02. The summed E-state index contributed by atoms with van der Waals surface area (Å²) < 4.78 is 10.3. The molecule has 0 aromatic heterocycles. The SMILES string of the molecule is C=CC(=O)OCC(C)COc1ccc(C(=O)O)cc1. The van der Waals surface area contributed by atoms with E-state index in [1.165, 1.54) is 12.1 Å². The Morgan fingerprint density at radius 3 is 2.47 bits per heavy atom. The first-order valence-corrected chi connectivity index (χ1v) is 5.78. The highest BCUT2D eigenvalue weighted by atomic mass is 16.5. The van der Waals surface area contributed by atoms with Gasteiger partial charge in [-0.2, -0.15) is 0 Å². The summed E-state index contributed by atoms with van der Waals surface area (Å²) in [6.45, 7) is 5.80. The molecule has 0 fully saturated rings. The van der Waals surface area contributed by atoms with E-state index in [1.54, 1.807) is 12.1 Å². The van der Waals surface area contributed by atoms with Crippen molar-refractivity contribution < 1.29 is 24.2 Å². The van der Waals surface area contributed by atoms with Crippen LogP contribution in [0.3, 0.4) is 0 Å². The Morgan fingerprint density at radius 1 is 1.32 bits per heavy atom. The van der Waals surface area contributed by atoms with Crippen molar-refractivity contribution in [1.82, 2.24) is 0 Å². The number of carboxylic acids is 1. The monoisotopic (exact) mass is 264 g/mol. The van der Waals surface area contributed by atoms with Gasteiger partial charge in [0.05, 0.1) is 18.8 Å². The van der Waals surface area contributed by atoms with Crippen molar-refractivity contribution in [2.45, 2.75) is 6.92 Å². The summed E-state index contributed by atoms with van der Waals surface area (Å²) in [5.41, 5.74) is 0.209. The van der Waals surface area contributed by atoms with Crippen LogP contribution < -0.4 is 4.74 Å². The van der Waals surface area contributed by atoms with Crippen LogP contribution in [0.2, 0.25) is 0 Å². The average Bonchev–Trinajstić information content (AvgIpc) is 2.42. The molecule has 0 aliphatic heterocycles. The molecule has 1 rings (SSSR count). The molecule has 0 spiro atoms. The summed E-state index contributed by atoms with van der Waals surface area (Å²) in [6, 6.07) is 6.12. The van der Waals surface area contributed by atoms with Crippen LogP contribution >= 0.6 is 0 Å². The van der Waals surface area contributed by atoms with Crippen LogP contribution in [0.5, 0.6) is 5.75 Å². The third-order valence-corrected chi connectivity index (χ3v) is 2.31. The van der Waals surface area contributed by atoms with Gasteiger partial charge in [0.15, 0.2) is 0 Å². The fraction of sp³-hybridized carbons (Fsp3) is 0.286. The second-order valence-electron chi connectivity index (χ2n) is 4.08. The Balaban J connectivity index is 2.37. The molecule has 0 heterocycles. The Labute approximate surface area is 111 Å². The van der Waals surface area contributed by atoms with Crippen LogP contribution in [0.1, 0.15) is 17.3 Å². The van der Waals surface area contributed by atoms with Gasteiger partial charge in [-0.25, -0.2) is 9.59 Å². The smallest absolute Gasteiger partial charge is 0.335 e. The van der Waals surface area contributed by atoms with Crippen molar-refractivity contribution in [3.63, 3.8) is 0 Å². The molecule has 1 atom stereocenters. The summed E-state index contributed by atoms with van der Waals surface area (Å²) in [7, 11) is 0. The predicted molar refractivity (Wildman–Crippen MR) is 69.2 cm³/mol. The van der Waals surface area contributed by atoms with Gasteiger partial charge >= 0.3 is 11.9 Å². The second-order valence-corrected chi connectivity index (χ2v) is 4.08. The molecule has 19 heavy (non-hydrogen) atoms. The first-order valence-electron chi connectivity index (χ1n) is 5.78. The topological polar surface area (TPSA) is 72.8 Å². The highest BCUT2D eigenvalue weighted by Crippen LogP contribution is 2.13. The van der Waals surface area contributed by atoms with E-state index < -0.39 is 11.9 Å². The van der Waals surface area contributed by atoms with Crippen LogP contribution in [0.4, 0.5) is 0 Å². The van der Waals surface area contributed by atoms with Crippen molar-refractivity contribution in [2.24, 2.45) is 5.92 Å². The van der Waals surface area contributed by atoms with Gasteiger partial charge in [-0.15, -0.1) is 0 Å². The van der Waals surface area contributed by atoms with Gasteiger partial charge in [-0.05, 0) is 24.3 Å². The Bertz CT molecular complexity index is 449. The zero-order chi connectivity index (χ0) is 14.3. The number of hydrogen-bond donors (Lipinski definition) is 1. The molecule has 1 unspecified atom stereocenters. The number of benzene rings is 1. The molecule has 0 aliphatic rings. The third-order valence-electron chi connectivity index (χ3n) is 2.31. The van der Waals surface area contributed by atoms with Crippen LogP contribution in [0.25, 0.3) is 0 Å². The number of esters is 1. The quantitative estimate of drug-likeness (QED) is 0.603. The molecule has 0 saturated carbocycles. The van der Waals surface area contributed by atoms with Gasteiger partial charge in [0, 0.05) is 12.0 Å². The fourth-order valence-corrected chi connectivity index (χ4v) is 1.26. The molecule has 0 saturated heterocycles. The Morgan fingerprint density at radius 2 is 1.95 bits per heavy atom. The Hall–Kier alpha value is -2.30. The van der Waals surface area contributed by atoms with E-state index in [2.05, 4.69) is 6.58 Å². The highest BCUT2D eigenvalue weighted by Gasteiger charge is 2.07. The molecular formula is C14H16O5. The maximum Gasteiger partial charge on any atom is 0.335 e. The number of ether oxygens (including phenoxy) is 2. The third kappa shape index (κ3) is 5.25. The van der Waals surface area contributed by atoms with Crippen LogP contribution in [0.15, 0.2) is 36.9 Å². The van der Waals surface area contributed by atoms with Gasteiger partial charge in [0.2, 0.25) is 0 Å². The summed E-state index contributed by atoms with van der Waals surface area (Å²) in [5, 5.41) is 8.74. The number of carboxylic acid groups (broad SMARTS) is 1. The van der Waals surface area contributed by atoms with Gasteiger partial charge in [0.1, 0.15) is 5.75 Å². The summed E-state index contributed by atoms with van der Waals surface area (Å²) in [6.07, 6.45) is 1.11. The minimum absolute atomic E-state index is 0.0306. The lowest BCUT2D eigenvalue weighted by atomic mass is 10.2. The predicted octanol–water partition coefficient (Wildman–Crippen LogP) is 2.13. The normalized spacial score (nSPS) is 11.4. The van der Waals surface area contributed by atoms with Gasteiger partial charge in [0.25, 0.3) is 0 Å². The molecular weight excluding hydrogens is 248 g/mol. The number of carbonyl (C=O) groups excluding carboxylic acids is 1. The number of hydrogen-bond acceptors (Lipinski definition) is 4. The van der Waals surface area contributed by atoms with Gasteiger partial charge in [-0.1, -0.05) is 13.5 Å². The molecule has 0 aliphatic carbocycles. The van der Waals surface area contributed by atoms with E-state index in [0.29, 0.717) is 12.4 Å². The standard InChI is InChI=1S/C14H16O5/c1-3-13(15)19-9-10(2)8-18-12-6-4-11(5-7-12)14(16)17/h3-7,10H,1,8-9H2,2H3,(H,16,17). The number of aromatic carboxylic acids is 1. The lowest BCUT2D eigenvalue weighted by Gasteiger charge is -2.12. The van der Waals surface area contributed by atoms with Crippen molar-refractivity contribution in [2.75, 3.05) is 13.2 Å². The van der Waals surface area contributed by atoms with E-state index in [9.17, 15) is 9.59 Å². The van der Waals surface area contributed by atoms with E-state index in [4.69, 9.17) is 14.6 Å².